The van der Waals surface area contributed by atoms with Crippen LogP contribution in [-0.2, 0) is 6.42 Å². The fourth-order valence-corrected chi connectivity index (χ4v) is 2.90. The lowest BCUT2D eigenvalue weighted by Crippen LogP contribution is -1.87. The van der Waals surface area contributed by atoms with Crippen molar-refractivity contribution < 1.29 is 0 Å². The van der Waals surface area contributed by atoms with E-state index in [0.29, 0.717) is 4.83 Å². The van der Waals surface area contributed by atoms with Gasteiger partial charge >= 0.3 is 0 Å². The van der Waals surface area contributed by atoms with Gasteiger partial charge in [0.15, 0.2) is 0 Å². The summed E-state index contributed by atoms with van der Waals surface area (Å²) in [5.41, 5.74) is 4.70. The SMILES string of the molecule is BrC1CCc2ccc(C3CC3)cc21. The fraction of sp³-hybridized carbons (Fsp3) is 0.500. The molecule has 0 amide bonds. The number of hydrogen-bond donors (Lipinski definition) is 0. The molecule has 13 heavy (non-hydrogen) atoms. The van der Waals surface area contributed by atoms with Crippen LogP contribution in [0.4, 0.5) is 0 Å². The third-order valence-electron chi connectivity index (χ3n) is 3.22. The first kappa shape index (κ1) is 8.05. The zero-order valence-electron chi connectivity index (χ0n) is 7.59. The number of rotatable bonds is 1. The summed E-state index contributed by atoms with van der Waals surface area (Å²) in [6.07, 6.45) is 5.36. The molecule has 0 radical (unpaired) electrons. The van der Waals surface area contributed by atoms with Gasteiger partial charge in [-0.3, -0.25) is 0 Å². The Morgan fingerprint density at radius 2 is 2.00 bits per heavy atom. The van der Waals surface area contributed by atoms with Crippen molar-refractivity contribution in [2.75, 3.05) is 0 Å². The summed E-state index contributed by atoms with van der Waals surface area (Å²) in [5.74, 6) is 0.894. The minimum atomic E-state index is 0.626. The maximum atomic E-state index is 3.74. The van der Waals surface area contributed by atoms with Crippen LogP contribution in [0.5, 0.6) is 0 Å². The Balaban J connectivity index is 2.04. The van der Waals surface area contributed by atoms with E-state index in [1.54, 1.807) is 16.7 Å². The van der Waals surface area contributed by atoms with Gasteiger partial charge in [0.1, 0.15) is 0 Å². The van der Waals surface area contributed by atoms with Crippen molar-refractivity contribution in [3.05, 3.63) is 34.9 Å². The number of benzene rings is 1. The van der Waals surface area contributed by atoms with Gasteiger partial charge in [-0.25, -0.2) is 0 Å². The van der Waals surface area contributed by atoms with Gasteiger partial charge in [-0.15, -0.1) is 0 Å². The van der Waals surface area contributed by atoms with Crippen molar-refractivity contribution in [1.82, 2.24) is 0 Å². The molecule has 0 saturated heterocycles. The molecule has 0 nitrogen and oxygen atoms in total. The van der Waals surface area contributed by atoms with E-state index < -0.39 is 0 Å². The van der Waals surface area contributed by atoms with Gasteiger partial charge in [0.05, 0.1) is 0 Å². The van der Waals surface area contributed by atoms with Gasteiger partial charge in [0.2, 0.25) is 0 Å². The maximum absolute atomic E-state index is 3.74. The molecule has 0 bridgehead atoms. The van der Waals surface area contributed by atoms with Gasteiger partial charge in [-0.1, -0.05) is 34.1 Å². The van der Waals surface area contributed by atoms with E-state index in [4.69, 9.17) is 0 Å². The van der Waals surface area contributed by atoms with Crippen molar-refractivity contribution in [2.24, 2.45) is 0 Å². The first-order valence-corrected chi connectivity index (χ1v) is 6.03. The Hall–Kier alpha value is -0.300. The Morgan fingerprint density at radius 1 is 1.15 bits per heavy atom. The van der Waals surface area contributed by atoms with Gasteiger partial charge < -0.3 is 0 Å². The van der Waals surface area contributed by atoms with Crippen LogP contribution in [0.3, 0.4) is 0 Å². The summed E-state index contributed by atoms with van der Waals surface area (Å²) >= 11 is 3.74. The summed E-state index contributed by atoms with van der Waals surface area (Å²) in [6.45, 7) is 0. The largest absolute Gasteiger partial charge is 0.0839 e. The molecule has 1 fully saturated rings. The highest BCUT2D eigenvalue weighted by molar-refractivity contribution is 9.09. The van der Waals surface area contributed by atoms with E-state index in [0.717, 1.165) is 5.92 Å². The fourth-order valence-electron chi connectivity index (χ4n) is 2.24. The molecule has 1 saturated carbocycles. The number of halogens is 1. The predicted molar refractivity (Wildman–Crippen MR) is 58.4 cm³/mol. The van der Waals surface area contributed by atoms with Crippen molar-refractivity contribution >= 4 is 15.9 Å². The lowest BCUT2D eigenvalue weighted by molar-refractivity contribution is 0.903. The number of hydrogen-bond acceptors (Lipinski definition) is 0. The topological polar surface area (TPSA) is 0 Å². The van der Waals surface area contributed by atoms with Gasteiger partial charge in [0.25, 0.3) is 0 Å². The molecule has 2 aliphatic carbocycles. The summed E-state index contributed by atoms with van der Waals surface area (Å²) < 4.78 is 0. The molecule has 0 aliphatic heterocycles. The zero-order chi connectivity index (χ0) is 8.84. The molecule has 0 heterocycles. The van der Waals surface area contributed by atoms with E-state index in [1.807, 2.05) is 0 Å². The molecule has 68 valence electrons. The molecule has 1 aromatic carbocycles. The van der Waals surface area contributed by atoms with Crippen LogP contribution in [0.25, 0.3) is 0 Å². The molecular weight excluding hydrogens is 224 g/mol. The van der Waals surface area contributed by atoms with Crippen LogP contribution in [0.2, 0.25) is 0 Å². The summed E-state index contributed by atoms with van der Waals surface area (Å²) in [4.78, 5) is 0.626. The van der Waals surface area contributed by atoms with Crippen LogP contribution < -0.4 is 0 Å². The number of aryl methyl sites for hydroxylation is 1. The molecule has 0 aromatic heterocycles. The summed E-state index contributed by atoms with van der Waals surface area (Å²) in [5, 5.41) is 0. The summed E-state index contributed by atoms with van der Waals surface area (Å²) in [7, 11) is 0. The predicted octanol–water partition coefficient (Wildman–Crippen LogP) is 3.95. The van der Waals surface area contributed by atoms with Crippen LogP contribution in [0.1, 0.15) is 46.7 Å². The minimum absolute atomic E-state index is 0.626. The van der Waals surface area contributed by atoms with E-state index in [9.17, 15) is 0 Å². The van der Waals surface area contributed by atoms with Crippen molar-refractivity contribution in [2.45, 2.75) is 36.4 Å². The molecule has 1 unspecified atom stereocenters. The quantitative estimate of drug-likeness (QED) is 0.649. The van der Waals surface area contributed by atoms with Crippen LogP contribution >= 0.6 is 15.9 Å². The average Bonchev–Trinajstić information content (AvgIpc) is 2.93. The second-order valence-corrected chi connectivity index (χ2v) is 5.34. The lowest BCUT2D eigenvalue weighted by Gasteiger charge is -2.05. The van der Waals surface area contributed by atoms with Gasteiger partial charge in [-0.05, 0) is 48.3 Å². The monoisotopic (exact) mass is 236 g/mol. The maximum Gasteiger partial charge on any atom is 0.0401 e. The molecule has 3 rings (SSSR count). The highest BCUT2D eigenvalue weighted by Crippen LogP contribution is 2.44. The highest BCUT2D eigenvalue weighted by atomic mass is 79.9. The zero-order valence-corrected chi connectivity index (χ0v) is 9.18. The third kappa shape index (κ3) is 1.34. The first-order chi connectivity index (χ1) is 6.34. The molecular formula is C12H13Br. The summed E-state index contributed by atoms with van der Waals surface area (Å²) in [6, 6.07) is 7.10. The molecule has 0 spiro atoms. The molecule has 0 N–H and O–H groups in total. The second kappa shape index (κ2) is 2.84. The Kier molecular flexibility index (Phi) is 1.76. The van der Waals surface area contributed by atoms with Crippen molar-refractivity contribution in [3.63, 3.8) is 0 Å². The Labute approximate surface area is 87.5 Å². The van der Waals surface area contributed by atoms with Crippen molar-refractivity contribution in [3.8, 4) is 0 Å². The van der Waals surface area contributed by atoms with Crippen LogP contribution in [-0.4, -0.2) is 0 Å². The normalized spacial score (nSPS) is 26.1. The Morgan fingerprint density at radius 3 is 2.77 bits per heavy atom. The molecule has 1 heteroatoms. The second-order valence-electron chi connectivity index (χ2n) is 4.24. The smallest absolute Gasteiger partial charge is 0.0401 e. The molecule has 2 aliphatic rings. The number of fused-ring (bicyclic) bond motifs is 1. The minimum Gasteiger partial charge on any atom is -0.0839 e. The Bertz CT molecular complexity index is 339. The van der Waals surface area contributed by atoms with E-state index in [-0.39, 0.29) is 0 Å². The average molecular weight is 237 g/mol. The third-order valence-corrected chi connectivity index (χ3v) is 4.17. The van der Waals surface area contributed by atoms with Crippen molar-refractivity contribution in [1.29, 1.82) is 0 Å². The standard InChI is InChI=1S/C12H13Br/c13-12-6-5-9-3-4-10(7-11(9)12)8-1-2-8/h3-4,7-8,12H,1-2,5-6H2. The van der Waals surface area contributed by atoms with Gasteiger partial charge in [-0.2, -0.15) is 0 Å². The van der Waals surface area contributed by atoms with Crippen LogP contribution in [0.15, 0.2) is 18.2 Å². The van der Waals surface area contributed by atoms with E-state index >= 15 is 0 Å². The highest BCUT2D eigenvalue weighted by Gasteiger charge is 2.26. The van der Waals surface area contributed by atoms with E-state index in [2.05, 4.69) is 34.1 Å². The van der Waals surface area contributed by atoms with Crippen LogP contribution in [0, 0.1) is 0 Å². The van der Waals surface area contributed by atoms with E-state index in [1.165, 1.54) is 25.7 Å². The first-order valence-electron chi connectivity index (χ1n) is 5.11. The lowest BCUT2D eigenvalue weighted by atomic mass is 10.0. The molecule has 1 atom stereocenters. The number of alkyl halides is 1. The van der Waals surface area contributed by atoms with Gasteiger partial charge in [0, 0.05) is 4.83 Å². The molecule has 1 aromatic rings.